The van der Waals surface area contributed by atoms with Crippen molar-refractivity contribution in [1.82, 2.24) is 20.4 Å². The molecule has 122 valence electrons. The Balaban J connectivity index is 1.59. The van der Waals surface area contributed by atoms with E-state index in [4.69, 9.17) is 9.26 Å². The van der Waals surface area contributed by atoms with Gasteiger partial charge in [0.15, 0.2) is 5.82 Å². The van der Waals surface area contributed by atoms with Crippen molar-refractivity contribution in [3.8, 4) is 0 Å². The first-order chi connectivity index (χ1) is 10.6. The number of aromatic nitrogens is 2. The summed E-state index contributed by atoms with van der Waals surface area (Å²) in [6.45, 7) is 6.88. The van der Waals surface area contributed by atoms with Crippen molar-refractivity contribution in [3.05, 3.63) is 11.7 Å². The van der Waals surface area contributed by atoms with Gasteiger partial charge in [0.25, 0.3) is 0 Å². The second kappa shape index (κ2) is 6.24. The first kappa shape index (κ1) is 15.3. The van der Waals surface area contributed by atoms with Crippen LogP contribution >= 0.6 is 0 Å². The van der Waals surface area contributed by atoms with Gasteiger partial charge in [-0.1, -0.05) is 5.16 Å². The van der Waals surface area contributed by atoms with E-state index in [-0.39, 0.29) is 17.5 Å². The van der Waals surface area contributed by atoms with Crippen molar-refractivity contribution in [2.45, 2.75) is 45.6 Å². The van der Waals surface area contributed by atoms with E-state index in [9.17, 15) is 4.79 Å². The Morgan fingerprint density at radius 2 is 2.14 bits per heavy atom. The maximum Gasteiger partial charge on any atom is 0.318 e. The molecule has 1 atom stereocenters. The number of carbonyl (C=O) groups excluding carboxylic acids is 1. The van der Waals surface area contributed by atoms with Gasteiger partial charge in [-0.15, -0.1) is 0 Å². The third kappa shape index (κ3) is 3.24. The quantitative estimate of drug-likeness (QED) is 0.904. The van der Waals surface area contributed by atoms with Crippen molar-refractivity contribution in [2.75, 3.05) is 26.3 Å². The van der Waals surface area contributed by atoms with Crippen LogP contribution in [0.3, 0.4) is 0 Å². The number of hydrogen-bond donors (Lipinski definition) is 1. The van der Waals surface area contributed by atoms with Crippen molar-refractivity contribution in [3.63, 3.8) is 0 Å². The first-order valence-electron chi connectivity index (χ1n) is 8.01. The Kier molecular flexibility index (Phi) is 4.33. The highest BCUT2D eigenvalue weighted by molar-refractivity contribution is 5.74. The Morgan fingerprint density at radius 3 is 2.82 bits per heavy atom. The molecule has 2 aliphatic rings. The Labute approximate surface area is 130 Å². The van der Waals surface area contributed by atoms with Crippen LogP contribution in [-0.2, 0) is 4.74 Å². The minimum absolute atomic E-state index is 0.0473. The van der Waals surface area contributed by atoms with Gasteiger partial charge in [0, 0.05) is 26.3 Å². The van der Waals surface area contributed by atoms with Crippen molar-refractivity contribution in [1.29, 1.82) is 0 Å². The lowest BCUT2D eigenvalue weighted by Gasteiger charge is -2.45. The van der Waals surface area contributed by atoms with Crippen LogP contribution in [0.4, 0.5) is 4.79 Å². The summed E-state index contributed by atoms with van der Waals surface area (Å²) in [6.07, 6.45) is 4.35. The normalized spacial score (nSPS) is 22.5. The molecule has 22 heavy (non-hydrogen) atoms. The Morgan fingerprint density at radius 1 is 1.36 bits per heavy atom. The number of amides is 2. The molecule has 2 saturated heterocycles. The van der Waals surface area contributed by atoms with E-state index in [1.807, 2.05) is 11.8 Å². The van der Waals surface area contributed by atoms with E-state index in [0.717, 1.165) is 45.6 Å². The van der Waals surface area contributed by atoms with Crippen LogP contribution in [-0.4, -0.2) is 47.4 Å². The molecular weight excluding hydrogens is 284 g/mol. The van der Waals surface area contributed by atoms with Gasteiger partial charge in [-0.3, -0.25) is 0 Å². The van der Waals surface area contributed by atoms with Crippen LogP contribution in [0.15, 0.2) is 4.52 Å². The van der Waals surface area contributed by atoms with Crippen LogP contribution in [0.2, 0.25) is 0 Å². The third-order valence-corrected chi connectivity index (χ3v) is 4.76. The van der Waals surface area contributed by atoms with Gasteiger partial charge in [-0.25, -0.2) is 4.79 Å². The van der Waals surface area contributed by atoms with Gasteiger partial charge < -0.3 is 19.5 Å². The topological polar surface area (TPSA) is 80.5 Å². The summed E-state index contributed by atoms with van der Waals surface area (Å²) in [5.41, 5.74) is 0.248. The summed E-state index contributed by atoms with van der Waals surface area (Å²) in [6, 6.07) is -0.324. The van der Waals surface area contributed by atoms with Crippen LogP contribution in [0.5, 0.6) is 0 Å². The van der Waals surface area contributed by atoms with Gasteiger partial charge in [0.1, 0.15) is 6.04 Å². The minimum atomic E-state index is -0.277. The van der Waals surface area contributed by atoms with Gasteiger partial charge in [-0.05, 0) is 44.9 Å². The number of nitrogens with one attached hydrogen (secondary N) is 1. The van der Waals surface area contributed by atoms with Crippen molar-refractivity contribution >= 4 is 6.03 Å². The van der Waals surface area contributed by atoms with Crippen LogP contribution < -0.4 is 5.32 Å². The lowest BCUT2D eigenvalue weighted by atomic mass is 9.74. The molecule has 0 aromatic carbocycles. The van der Waals surface area contributed by atoms with E-state index in [1.54, 1.807) is 6.92 Å². The maximum atomic E-state index is 12.5. The van der Waals surface area contributed by atoms with E-state index in [2.05, 4.69) is 15.5 Å². The second-order valence-electron chi connectivity index (χ2n) is 6.49. The second-order valence-corrected chi connectivity index (χ2v) is 6.49. The van der Waals surface area contributed by atoms with E-state index >= 15 is 0 Å². The molecule has 7 heteroatoms. The third-order valence-electron chi connectivity index (χ3n) is 4.76. The zero-order valence-corrected chi connectivity index (χ0v) is 13.3. The Bertz CT molecular complexity index is 519. The summed E-state index contributed by atoms with van der Waals surface area (Å²) in [5.74, 6) is 1.03. The SMILES string of the molecule is Cc1noc([C@@H](C)NC(=O)N2CCCC3(CCOCC3)C2)n1. The van der Waals surface area contributed by atoms with Crippen LogP contribution in [0.25, 0.3) is 0 Å². The highest BCUT2D eigenvalue weighted by Gasteiger charge is 2.38. The number of aryl methyl sites for hydroxylation is 1. The minimum Gasteiger partial charge on any atom is -0.381 e. The first-order valence-corrected chi connectivity index (χ1v) is 8.01. The molecule has 3 rings (SSSR count). The fraction of sp³-hybridized carbons (Fsp3) is 0.800. The molecule has 0 radical (unpaired) electrons. The zero-order valence-electron chi connectivity index (χ0n) is 13.3. The molecule has 2 aliphatic heterocycles. The fourth-order valence-corrected chi connectivity index (χ4v) is 3.42. The number of urea groups is 1. The molecule has 0 saturated carbocycles. The number of piperidine rings is 1. The summed E-state index contributed by atoms with van der Waals surface area (Å²) in [5, 5.41) is 6.72. The van der Waals surface area contributed by atoms with Crippen molar-refractivity contribution in [2.24, 2.45) is 5.41 Å². The fourth-order valence-electron chi connectivity index (χ4n) is 3.42. The summed E-state index contributed by atoms with van der Waals surface area (Å²) >= 11 is 0. The summed E-state index contributed by atoms with van der Waals surface area (Å²) < 4.78 is 10.6. The lowest BCUT2D eigenvalue weighted by Crippen LogP contribution is -2.51. The van der Waals surface area contributed by atoms with Crippen LogP contribution in [0, 0.1) is 12.3 Å². The molecule has 1 N–H and O–H groups in total. The molecule has 0 aliphatic carbocycles. The van der Waals surface area contributed by atoms with Gasteiger partial charge in [-0.2, -0.15) is 4.98 Å². The largest absolute Gasteiger partial charge is 0.381 e. The number of likely N-dealkylation sites (tertiary alicyclic amines) is 1. The summed E-state index contributed by atoms with van der Waals surface area (Å²) in [4.78, 5) is 18.6. The molecule has 2 fully saturated rings. The molecular formula is C15H24N4O3. The monoisotopic (exact) mass is 308 g/mol. The molecule has 1 aromatic rings. The number of nitrogens with zero attached hydrogens (tertiary/aromatic N) is 3. The average molecular weight is 308 g/mol. The lowest BCUT2D eigenvalue weighted by molar-refractivity contribution is -0.0188. The smallest absolute Gasteiger partial charge is 0.318 e. The van der Waals surface area contributed by atoms with Gasteiger partial charge >= 0.3 is 6.03 Å². The molecule has 3 heterocycles. The van der Waals surface area contributed by atoms with Gasteiger partial charge in [0.2, 0.25) is 5.89 Å². The molecule has 1 spiro atoms. The number of hydrogen-bond acceptors (Lipinski definition) is 5. The summed E-state index contributed by atoms with van der Waals surface area (Å²) in [7, 11) is 0. The number of rotatable bonds is 2. The standard InChI is InChI=1S/C15H24N4O3/c1-11(13-17-12(2)18-22-13)16-14(20)19-7-3-4-15(10-19)5-8-21-9-6-15/h11H,3-10H2,1-2H3,(H,16,20)/t11-/m1/s1. The predicted molar refractivity (Wildman–Crippen MR) is 79.3 cm³/mol. The highest BCUT2D eigenvalue weighted by atomic mass is 16.5. The molecule has 0 bridgehead atoms. The van der Waals surface area contributed by atoms with Crippen LogP contribution in [0.1, 0.15) is 50.4 Å². The van der Waals surface area contributed by atoms with Crippen molar-refractivity contribution < 1.29 is 14.1 Å². The number of ether oxygens (including phenoxy) is 1. The molecule has 1 aromatic heterocycles. The Hall–Kier alpha value is -1.63. The average Bonchev–Trinajstić information content (AvgIpc) is 2.95. The maximum absolute atomic E-state index is 12.5. The van der Waals surface area contributed by atoms with E-state index in [1.165, 1.54) is 6.42 Å². The zero-order chi connectivity index (χ0) is 15.6. The molecule has 7 nitrogen and oxygen atoms in total. The van der Waals surface area contributed by atoms with E-state index in [0.29, 0.717) is 11.7 Å². The van der Waals surface area contributed by atoms with Gasteiger partial charge in [0.05, 0.1) is 0 Å². The van der Waals surface area contributed by atoms with E-state index < -0.39 is 0 Å². The predicted octanol–water partition coefficient (Wildman–Crippen LogP) is 2.04. The molecule has 2 amide bonds. The number of carbonyl (C=O) groups is 1. The highest BCUT2D eigenvalue weighted by Crippen LogP contribution is 2.39. The molecule has 0 unspecified atom stereocenters.